The summed E-state index contributed by atoms with van der Waals surface area (Å²) in [7, 11) is -3.33. The topological polar surface area (TPSA) is 118 Å². The number of unbranched alkanes of at least 4 members (excludes halogenated alkanes) is 1. The molecule has 0 amide bonds. The molecule has 0 bridgehead atoms. The lowest BCUT2D eigenvalue weighted by molar-refractivity contribution is -0.757. The fourth-order valence-corrected chi connectivity index (χ4v) is 4.58. The second-order valence-corrected chi connectivity index (χ2v) is 10.6. The summed E-state index contributed by atoms with van der Waals surface area (Å²) in [5.74, 6) is 0.204. The first-order chi connectivity index (χ1) is 17.1. The Morgan fingerprint density at radius 1 is 1.06 bits per heavy atom. The van der Waals surface area contributed by atoms with Gasteiger partial charge in [0.05, 0.1) is 30.2 Å². The van der Waals surface area contributed by atoms with E-state index < -0.39 is 20.9 Å². The van der Waals surface area contributed by atoms with Gasteiger partial charge in [0.25, 0.3) is 5.09 Å². The lowest BCUT2D eigenvalue weighted by atomic mass is 10.1. The molecular formula is C25H28N2O7S2. The summed E-state index contributed by atoms with van der Waals surface area (Å²) in [6, 6.07) is 16.4. The molecule has 0 aliphatic rings. The summed E-state index contributed by atoms with van der Waals surface area (Å²) in [6.45, 7) is 2.02. The van der Waals surface area contributed by atoms with Crippen LogP contribution in [0.15, 0.2) is 59.5 Å². The molecule has 36 heavy (non-hydrogen) atoms. The van der Waals surface area contributed by atoms with E-state index >= 15 is 0 Å². The van der Waals surface area contributed by atoms with Gasteiger partial charge in [0.1, 0.15) is 0 Å². The number of benzene rings is 2. The standard InChI is InChI=1S/C25H28N2O7S2/c1-18-21(16-25(28)33-13-3-4-14-34-27(29)30)15-24(20-7-11-23(12-8-20)36(2,31)32)26(18)22-9-5-19(17-35)6-10-22/h5-12,15,35H,3-4,13-14,16-17H2,1-2H3. The SMILES string of the molecule is Cc1c(CC(=O)OCCCCO[N+](=O)[O-])cc(-c2ccc(S(C)(=O)=O)cc2)n1-c1ccc(CS)cc1. The van der Waals surface area contributed by atoms with Crippen molar-refractivity contribution in [1.29, 1.82) is 0 Å². The Bertz CT molecular complexity index is 1320. The molecule has 0 unspecified atom stereocenters. The highest BCUT2D eigenvalue weighted by molar-refractivity contribution is 7.90. The van der Waals surface area contributed by atoms with Gasteiger partial charge in [-0.05, 0) is 66.8 Å². The molecule has 0 aliphatic carbocycles. The molecule has 0 saturated carbocycles. The van der Waals surface area contributed by atoms with E-state index in [1.54, 1.807) is 24.3 Å². The molecular weight excluding hydrogens is 504 g/mol. The summed E-state index contributed by atoms with van der Waals surface area (Å²) in [5.41, 5.74) is 5.20. The molecule has 11 heteroatoms. The molecule has 0 N–H and O–H groups in total. The number of carbonyl (C=O) groups excluding carboxylic acids is 1. The number of thiol groups is 1. The van der Waals surface area contributed by atoms with Gasteiger partial charge in [0, 0.05) is 23.4 Å². The van der Waals surface area contributed by atoms with Crippen LogP contribution in [-0.2, 0) is 36.4 Å². The van der Waals surface area contributed by atoms with Crippen LogP contribution in [0.5, 0.6) is 0 Å². The van der Waals surface area contributed by atoms with E-state index in [-0.39, 0.29) is 24.5 Å². The maximum Gasteiger partial charge on any atom is 0.310 e. The first kappa shape index (κ1) is 27.3. The van der Waals surface area contributed by atoms with Crippen molar-refractivity contribution in [3.05, 3.63) is 81.5 Å². The maximum absolute atomic E-state index is 12.5. The van der Waals surface area contributed by atoms with Crippen molar-refractivity contribution >= 4 is 28.4 Å². The van der Waals surface area contributed by atoms with Gasteiger partial charge in [-0.25, -0.2) is 8.42 Å². The highest BCUT2D eigenvalue weighted by Crippen LogP contribution is 2.31. The monoisotopic (exact) mass is 532 g/mol. The van der Waals surface area contributed by atoms with Crippen molar-refractivity contribution in [2.24, 2.45) is 0 Å². The van der Waals surface area contributed by atoms with E-state index in [0.29, 0.717) is 18.6 Å². The molecule has 2 aromatic carbocycles. The number of hydrogen-bond donors (Lipinski definition) is 1. The van der Waals surface area contributed by atoms with Crippen LogP contribution in [0.3, 0.4) is 0 Å². The van der Waals surface area contributed by atoms with Crippen LogP contribution in [0.2, 0.25) is 0 Å². The Morgan fingerprint density at radius 3 is 2.28 bits per heavy atom. The number of esters is 1. The van der Waals surface area contributed by atoms with Gasteiger partial charge in [0.15, 0.2) is 9.84 Å². The number of sulfone groups is 1. The highest BCUT2D eigenvalue weighted by Gasteiger charge is 2.18. The summed E-state index contributed by atoms with van der Waals surface area (Å²) >= 11 is 4.32. The van der Waals surface area contributed by atoms with E-state index in [0.717, 1.165) is 40.0 Å². The largest absolute Gasteiger partial charge is 0.465 e. The number of hydrogen-bond acceptors (Lipinski definition) is 8. The van der Waals surface area contributed by atoms with Gasteiger partial charge >= 0.3 is 5.97 Å². The van der Waals surface area contributed by atoms with Gasteiger partial charge in [0.2, 0.25) is 0 Å². The van der Waals surface area contributed by atoms with Gasteiger partial charge in [-0.1, -0.05) is 24.3 Å². The number of carbonyl (C=O) groups is 1. The molecule has 1 heterocycles. The molecule has 0 saturated heterocycles. The zero-order valence-electron chi connectivity index (χ0n) is 20.0. The van der Waals surface area contributed by atoms with Crippen molar-refractivity contribution in [3.8, 4) is 16.9 Å². The van der Waals surface area contributed by atoms with Crippen LogP contribution in [0.25, 0.3) is 16.9 Å². The first-order valence-electron chi connectivity index (χ1n) is 11.2. The fraction of sp³-hybridized carbons (Fsp3) is 0.320. The molecule has 9 nitrogen and oxygen atoms in total. The highest BCUT2D eigenvalue weighted by atomic mass is 32.2. The Hall–Kier alpha value is -3.31. The zero-order chi connectivity index (χ0) is 26.3. The Kier molecular flexibility index (Phi) is 9.16. The van der Waals surface area contributed by atoms with Crippen molar-refractivity contribution in [1.82, 2.24) is 4.57 Å². The van der Waals surface area contributed by atoms with E-state index in [4.69, 9.17) is 4.74 Å². The molecule has 1 aromatic heterocycles. The van der Waals surface area contributed by atoms with Crippen LogP contribution in [-0.4, -0.2) is 43.5 Å². The van der Waals surface area contributed by atoms with Gasteiger partial charge in [-0.3, -0.25) is 4.79 Å². The molecule has 3 rings (SSSR count). The third kappa shape index (κ3) is 7.11. The van der Waals surface area contributed by atoms with E-state index in [9.17, 15) is 23.3 Å². The first-order valence-corrected chi connectivity index (χ1v) is 13.8. The average Bonchev–Trinajstić information content (AvgIpc) is 3.16. The predicted octanol–water partition coefficient (Wildman–Crippen LogP) is 4.36. The van der Waals surface area contributed by atoms with Crippen LogP contribution in [0.4, 0.5) is 0 Å². The minimum atomic E-state index is -3.33. The lowest BCUT2D eigenvalue weighted by Crippen LogP contribution is -2.11. The molecule has 0 radical (unpaired) electrons. The minimum absolute atomic E-state index is 0.0417. The number of nitrogens with zero attached hydrogens (tertiary/aromatic N) is 2. The van der Waals surface area contributed by atoms with E-state index in [1.807, 2.05) is 41.8 Å². The molecule has 0 atom stereocenters. The fourth-order valence-electron chi connectivity index (χ4n) is 3.74. The summed E-state index contributed by atoms with van der Waals surface area (Å²) < 4.78 is 31.1. The number of aromatic nitrogens is 1. The predicted molar refractivity (Wildman–Crippen MR) is 139 cm³/mol. The second kappa shape index (κ2) is 12.1. The number of rotatable bonds is 12. The molecule has 0 aliphatic heterocycles. The van der Waals surface area contributed by atoms with Gasteiger partial charge in [-0.15, -0.1) is 10.1 Å². The van der Waals surface area contributed by atoms with E-state index in [2.05, 4.69) is 17.5 Å². The van der Waals surface area contributed by atoms with Crippen LogP contribution < -0.4 is 0 Å². The smallest absolute Gasteiger partial charge is 0.310 e. The third-order valence-electron chi connectivity index (χ3n) is 5.64. The summed E-state index contributed by atoms with van der Waals surface area (Å²) in [5, 5.41) is 9.32. The molecule has 0 fully saturated rings. The minimum Gasteiger partial charge on any atom is -0.465 e. The van der Waals surface area contributed by atoms with E-state index in [1.165, 1.54) is 0 Å². The van der Waals surface area contributed by atoms with Gasteiger partial charge < -0.3 is 14.1 Å². The molecule has 3 aromatic rings. The van der Waals surface area contributed by atoms with Crippen molar-refractivity contribution < 1.29 is 27.9 Å². The Labute approximate surface area is 215 Å². The lowest BCUT2D eigenvalue weighted by Gasteiger charge is -2.13. The maximum atomic E-state index is 12.5. The van der Waals surface area contributed by atoms with Crippen molar-refractivity contribution in [2.45, 2.75) is 36.8 Å². The summed E-state index contributed by atoms with van der Waals surface area (Å²) in [4.78, 5) is 27.1. The second-order valence-electron chi connectivity index (χ2n) is 8.26. The normalized spacial score (nSPS) is 11.3. The quantitative estimate of drug-likeness (QED) is 0.121. The zero-order valence-corrected chi connectivity index (χ0v) is 21.8. The molecule has 0 spiro atoms. The van der Waals surface area contributed by atoms with Crippen LogP contribution in [0.1, 0.15) is 29.7 Å². The third-order valence-corrected chi connectivity index (χ3v) is 7.13. The van der Waals surface area contributed by atoms with Crippen LogP contribution >= 0.6 is 12.6 Å². The van der Waals surface area contributed by atoms with Crippen molar-refractivity contribution in [2.75, 3.05) is 19.5 Å². The van der Waals surface area contributed by atoms with Crippen LogP contribution in [0, 0.1) is 17.0 Å². The van der Waals surface area contributed by atoms with Crippen molar-refractivity contribution in [3.63, 3.8) is 0 Å². The molecule has 192 valence electrons. The Morgan fingerprint density at radius 2 is 1.69 bits per heavy atom. The Balaban J connectivity index is 1.85. The average molecular weight is 533 g/mol. The summed E-state index contributed by atoms with van der Waals surface area (Å²) in [6.07, 6.45) is 2.07. The number of ether oxygens (including phenoxy) is 1. The van der Waals surface area contributed by atoms with Gasteiger partial charge in [-0.2, -0.15) is 12.6 Å².